The van der Waals surface area contributed by atoms with Crippen molar-refractivity contribution in [3.05, 3.63) is 59.7 Å². The maximum atomic E-state index is 11.9. The molecule has 0 radical (unpaired) electrons. The number of ether oxygens (including phenoxy) is 2. The molecule has 6 nitrogen and oxygen atoms in total. The third-order valence-electron chi connectivity index (χ3n) is 2.63. The molecule has 2 aromatic rings. The lowest BCUT2D eigenvalue weighted by Crippen LogP contribution is -2.08. The van der Waals surface area contributed by atoms with E-state index >= 15 is 0 Å². The molecule has 2 N–H and O–H groups in total. The summed E-state index contributed by atoms with van der Waals surface area (Å²) in [5.41, 5.74) is 0.419. The number of aliphatic hydroxyl groups excluding tert-OH is 1. The molecule has 0 heterocycles. The van der Waals surface area contributed by atoms with Crippen LogP contribution in [0.5, 0.6) is 11.5 Å². The Balaban J connectivity index is 2.05. The Morgan fingerprint density at radius 2 is 1.38 bits per heavy atom. The van der Waals surface area contributed by atoms with Crippen LogP contribution in [0, 0.1) is 0 Å². The van der Waals surface area contributed by atoms with Crippen LogP contribution >= 0.6 is 0 Å². The van der Waals surface area contributed by atoms with Gasteiger partial charge in [0.1, 0.15) is 11.5 Å². The molecule has 0 amide bonds. The molecule has 0 aromatic heterocycles. The largest absolute Gasteiger partial charge is 0.478 e. The van der Waals surface area contributed by atoms with Gasteiger partial charge in [0.15, 0.2) is 6.79 Å². The number of aromatic carboxylic acids is 1. The first-order valence-electron chi connectivity index (χ1n) is 5.99. The van der Waals surface area contributed by atoms with Gasteiger partial charge in [-0.1, -0.05) is 0 Å². The molecule has 0 saturated carbocycles. The van der Waals surface area contributed by atoms with E-state index in [0.29, 0.717) is 11.3 Å². The quantitative estimate of drug-likeness (QED) is 0.496. The zero-order chi connectivity index (χ0) is 15.2. The summed E-state index contributed by atoms with van der Waals surface area (Å²) in [6.07, 6.45) is 0. The molecule has 0 bridgehead atoms. The van der Waals surface area contributed by atoms with Crippen molar-refractivity contribution in [3.8, 4) is 11.5 Å². The van der Waals surface area contributed by atoms with Crippen LogP contribution in [0.25, 0.3) is 0 Å². The van der Waals surface area contributed by atoms with Crippen molar-refractivity contribution >= 4 is 11.9 Å². The molecular weight excluding hydrogens is 276 g/mol. The van der Waals surface area contributed by atoms with E-state index in [-0.39, 0.29) is 11.3 Å². The normalized spacial score (nSPS) is 9.95. The summed E-state index contributed by atoms with van der Waals surface area (Å²) in [4.78, 5) is 22.6. The molecule has 108 valence electrons. The van der Waals surface area contributed by atoms with Gasteiger partial charge in [0, 0.05) is 0 Å². The summed E-state index contributed by atoms with van der Waals surface area (Å²) in [5.74, 6) is -0.943. The molecule has 0 spiro atoms. The first kappa shape index (κ1) is 14.5. The maximum Gasteiger partial charge on any atom is 0.343 e. The lowest BCUT2D eigenvalue weighted by molar-refractivity contribution is 0.0696. The van der Waals surface area contributed by atoms with E-state index < -0.39 is 18.7 Å². The Kier molecular flexibility index (Phi) is 4.53. The zero-order valence-electron chi connectivity index (χ0n) is 10.9. The average Bonchev–Trinajstić information content (AvgIpc) is 2.49. The fraction of sp³-hybridized carbons (Fsp3) is 0.0667. The minimum atomic E-state index is -1.05. The van der Waals surface area contributed by atoms with Crippen molar-refractivity contribution in [1.29, 1.82) is 0 Å². The van der Waals surface area contributed by atoms with Crippen molar-refractivity contribution in [2.24, 2.45) is 0 Å². The van der Waals surface area contributed by atoms with Crippen molar-refractivity contribution in [3.63, 3.8) is 0 Å². The van der Waals surface area contributed by atoms with Gasteiger partial charge in [-0.05, 0) is 48.5 Å². The average molecular weight is 288 g/mol. The van der Waals surface area contributed by atoms with Crippen LogP contribution in [0.1, 0.15) is 20.7 Å². The highest BCUT2D eigenvalue weighted by Crippen LogP contribution is 2.16. The fourth-order valence-electron chi connectivity index (χ4n) is 1.59. The summed E-state index contributed by atoms with van der Waals surface area (Å²) >= 11 is 0. The molecule has 2 aromatic carbocycles. The van der Waals surface area contributed by atoms with Crippen molar-refractivity contribution in [1.82, 2.24) is 0 Å². The first-order chi connectivity index (χ1) is 10.1. The Morgan fingerprint density at radius 1 is 0.857 bits per heavy atom. The van der Waals surface area contributed by atoms with E-state index in [1.807, 2.05) is 0 Å². The van der Waals surface area contributed by atoms with Gasteiger partial charge in [-0.2, -0.15) is 0 Å². The minimum absolute atomic E-state index is 0.111. The molecule has 2 rings (SSSR count). The minimum Gasteiger partial charge on any atom is -0.478 e. The number of rotatable bonds is 5. The Hall–Kier alpha value is -2.86. The number of carboxylic acid groups (broad SMARTS) is 1. The lowest BCUT2D eigenvalue weighted by atomic mass is 10.2. The Morgan fingerprint density at radius 3 is 1.90 bits per heavy atom. The van der Waals surface area contributed by atoms with Crippen LogP contribution in [0.15, 0.2) is 48.5 Å². The second-order valence-electron chi connectivity index (χ2n) is 4.02. The van der Waals surface area contributed by atoms with Crippen LogP contribution in [-0.2, 0) is 0 Å². The van der Waals surface area contributed by atoms with Crippen LogP contribution < -0.4 is 9.47 Å². The van der Waals surface area contributed by atoms with Crippen LogP contribution in [0.4, 0.5) is 0 Å². The molecule has 0 aliphatic rings. The van der Waals surface area contributed by atoms with Crippen molar-refractivity contribution in [2.75, 3.05) is 6.79 Å². The van der Waals surface area contributed by atoms with Gasteiger partial charge < -0.3 is 19.7 Å². The van der Waals surface area contributed by atoms with Gasteiger partial charge in [0.2, 0.25) is 0 Å². The monoisotopic (exact) mass is 288 g/mol. The van der Waals surface area contributed by atoms with Crippen LogP contribution in [0.3, 0.4) is 0 Å². The number of benzene rings is 2. The Bertz CT molecular complexity index is 630. The molecule has 6 heteroatoms. The smallest absolute Gasteiger partial charge is 0.343 e. The summed E-state index contributed by atoms with van der Waals surface area (Å²) in [6, 6.07) is 11.6. The molecule has 0 aliphatic carbocycles. The third-order valence-corrected chi connectivity index (χ3v) is 2.63. The van der Waals surface area contributed by atoms with E-state index in [1.165, 1.54) is 48.5 Å². The van der Waals surface area contributed by atoms with E-state index in [0.717, 1.165) is 0 Å². The highest BCUT2D eigenvalue weighted by atomic mass is 16.6. The predicted molar refractivity (Wildman–Crippen MR) is 72.5 cm³/mol. The zero-order valence-corrected chi connectivity index (χ0v) is 10.9. The summed E-state index contributed by atoms with van der Waals surface area (Å²) < 4.78 is 9.96. The second kappa shape index (κ2) is 6.53. The second-order valence-corrected chi connectivity index (χ2v) is 4.02. The number of hydrogen-bond donors (Lipinski definition) is 2. The number of carboxylic acids is 1. The summed E-state index contributed by atoms with van der Waals surface area (Å²) in [7, 11) is 0. The number of hydrogen-bond acceptors (Lipinski definition) is 5. The number of carbonyl (C=O) groups excluding carboxylic acids is 1. The standard InChI is InChI=1S/C15H12O6/c16-9-20-12-5-3-11(4-6-12)15(19)21-13-7-1-10(2-8-13)14(17)18/h1-8,16H,9H2,(H,17,18). The summed E-state index contributed by atoms with van der Waals surface area (Å²) in [6.45, 7) is -0.445. The van der Waals surface area contributed by atoms with E-state index in [2.05, 4.69) is 0 Å². The molecule has 0 fully saturated rings. The summed E-state index contributed by atoms with van der Waals surface area (Å²) in [5, 5.41) is 17.4. The van der Waals surface area contributed by atoms with E-state index in [4.69, 9.17) is 19.7 Å². The maximum absolute atomic E-state index is 11.9. The van der Waals surface area contributed by atoms with Gasteiger partial charge in [0.25, 0.3) is 0 Å². The number of aliphatic hydroxyl groups is 1. The van der Waals surface area contributed by atoms with Gasteiger partial charge >= 0.3 is 11.9 Å². The fourth-order valence-corrected chi connectivity index (χ4v) is 1.59. The Labute approximate surface area is 120 Å². The topological polar surface area (TPSA) is 93.1 Å². The SMILES string of the molecule is O=C(O)c1ccc(OC(=O)c2ccc(OCO)cc2)cc1. The molecule has 0 unspecified atom stereocenters. The highest BCUT2D eigenvalue weighted by molar-refractivity contribution is 5.91. The van der Waals surface area contributed by atoms with Gasteiger partial charge in [-0.15, -0.1) is 0 Å². The van der Waals surface area contributed by atoms with E-state index in [9.17, 15) is 9.59 Å². The molecule has 0 aliphatic heterocycles. The van der Waals surface area contributed by atoms with Crippen LogP contribution in [0.2, 0.25) is 0 Å². The lowest BCUT2D eigenvalue weighted by Gasteiger charge is -2.06. The molecule has 21 heavy (non-hydrogen) atoms. The molecule has 0 atom stereocenters. The highest BCUT2D eigenvalue weighted by Gasteiger charge is 2.09. The van der Waals surface area contributed by atoms with Gasteiger partial charge in [0.05, 0.1) is 11.1 Å². The van der Waals surface area contributed by atoms with Crippen molar-refractivity contribution < 1.29 is 29.3 Å². The predicted octanol–water partition coefficient (Wildman–Crippen LogP) is 1.93. The van der Waals surface area contributed by atoms with Gasteiger partial charge in [-0.25, -0.2) is 9.59 Å². The molecular formula is C15H12O6. The number of esters is 1. The first-order valence-corrected chi connectivity index (χ1v) is 5.99. The van der Waals surface area contributed by atoms with Crippen LogP contribution in [-0.4, -0.2) is 28.9 Å². The van der Waals surface area contributed by atoms with Gasteiger partial charge in [-0.3, -0.25) is 0 Å². The third kappa shape index (κ3) is 3.80. The number of carbonyl (C=O) groups is 2. The molecule has 0 saturated heterocycles. The van der Waals surface area contributed by atoms with E-state index in [1.54, 1.807) is 0 Å². The van der Waals surface area contributed by atoms with Crippen molar-refractivity contribution in [2.45, 2.75) is 0 Å².